The molecule has 3 N–H and O–H groups in total. The van der Waals surface area contributed by atoms with Gasteiger partial charge in [-0.3, -0.25) is 0 Å². The quantitative estimate of drug-likeness (QED) is 0.393. The lowest BCUT2D eigenvalue weighted by molar-refractivity contribution is 0.318. The van der Waals surface area contributed by atoms with Crippen molar-refractivity contribution in [1.82, 2.24) is 4.98 Å². The molecular weight excluding hydrogens is 305 g/mol. The molecule has 2 aromatic rings. The molecular formula is C12H9Cl2N3OS. The Labute approximate surface area is 124 Å². The first-order valence-electron chi connectivity index (χ1n) is 5.17. The molecule has 0 fully saturated rings. The van der Waals surface area contributed by atoms with Gasteiger partial charge in [0.15, 0.2) is 5.84 Å². The summed E-state index contributed by atoms with van der Waals surface area (Å²) in [6.45, 7) is 0. The highest BCUT2D eigenvalue weighted by atomic mass is 35.5. The lowest BCUT2D eigenvalue weighted by Gasteiger charge is -2.06. The van der Waals surface area contributed by atoms with Gasteiger partial charge in [0.2, 0.25) is 0 Å². The molecule has 7 heteroatoms. The average Bonchev–Trinajstić information content (AvgIpc) is 2.42. The van der Waals surface area contributed by atoms with Crippen molar-refractivity contribution in [2.45, 2.75) is 9.92 Å². The van der Waals surface area contributed by atoms with E-state index >= 15 is 0 Å². The molecule has 98 valence electrons. The van der Waals surface area contributed by atoms with Crippen molar-refractivity contribution >= 4 is 40.8 Å². The third-order valence-electron chi connectivity index (χ3n) is 2.27. The van der Waals surface area contributed by atoms with Crippen LogP contribution in [-0.4, -0.2) is 16.0 Å². The molecule has 0 unspecified atom stereocenters. The van der Waals surface area contributed by atoms with Gasteiger partial charge in [-0.2, -0.15) is 0 Å². The molecule has 0 radical (unpaired) electrons. The van der Waals surface area contributed by atoms with Crippen molar-refractivity contribution in [2.24, 2.45) is 10.9 Å². The Bertz CT molecular complexity index is 634. The van der Waals surface area contributed by atoms with Crippen LogP contribution < -0.4 is 5.73 Å². The second-order valence-corrected chi connectivity index (χ2v) is 5.37. The van der Waals surface area contributed by atoms with E-state index in [1.54, 1.807) is 36.5 Å². The van der Waals surface area contributed by atoms with Gasteiger partial charge in [0.25, 0.3) is 0 Å². The van der Waals surface area contributed by atoms with Gasteiger partial charge >= 0.3 is 0 Å². The molecule has 0 spiro atoms. The van der Waals surface area contributed by atoms with Crippen LogP contribution in [0.5, 0.6) is 0 Å². The predicted octanol–water partition coefficient (Wildman–Crippen LogP) is 3.63. The molecule has 0 aliphatic rings. The largest absolute Gasteiger partial charge is 0.409 e. The van der Waals surface area contributed by atoms with Crippen LogP contribution >= 0.6 is 35.0 Å². The number of amidine groups is 1. The first-order valence-corrected chi connectivity index (χ1v) is 6.75. The fourth-order valence-electron chi connectivity index (χ4n) is 1.35. The molecule has 0 bridgehead atoms. The van der Waals surface area contributed by atoms with Crippen LogP contribution in [0.3, 0.4) is 0 Å². The maximum Gasteiger partial charge on any atom is 0.170 e. The first-order chi connectivity index (χ1) is 9.11. The van der Waals surface area contributed by atoms with Crippen LogP contribution in [0.1, 0.15) is 5.56 Å². The number of hydrogen-bond acceptors (Lipinski definition) is 4. The number of pyridine rings is 1. The zero-order chi connectivity index (χ0) is 13.8. The van der Waals surface area contributed by atoms with Crippen LogP contribution in [0.4, 0.5) is 0 Å². The Morgan fingerprint density at radius 1 is 1.26 bits per heavy atom. The number of oxime groups is 1. The summed E-state index contributed by atoms with van der Waals surface area (Å²) in [5, 5.41) is 13.2. The van der Waals surface area contributed by atoms with Crippen molar-refractivity contribution in [3.05, 3.63) is 52.1 Å². The molecule has 1 aromatic carbocycles. The third-order valence-corrected chi connectivity index (χ3v) is 4.20. The predicted molar refractivity (Wildman–Crippen MR) is 77.3 cm³/mol. The third kappa shape index (κ3) is 3.32. The SMILES string of the molecule is NC(=NO)c1ccc(Sc2ncccc2Cl)c(Cl)c1. The Kier molecular flexibility index (Phi) is 4.52. The second kappa shape index (κ2) is 6.14. The highest BCUT2D eigenvalue weighted by molar-refractivity contribution is 7.99. The molecule has 2 rings (SSSR count). The molecule has 0 aliphatic carbocycles. The minimum atomic E-state index is 0.00863. The van der Waals surface area contributed by atoms with Crippen LogP contribution in [0.2, 0.25) is 10.0 Å². The van der Waals surface area contributed by atoms with Crippen LogP contribution in [-0.2, 0) is 0 Å². The summed E-state index contributed by atoms with van der Waals surface area (Å²) < 4.78 is 0. The minimum absolute atomic E-state index is 0.00863. The molecule has 1 aromatic heterocycles. The van der Waals surface area contributed by atoms with Crippen molar-refractivity contribution in [3.63, 3.8) is 0 Å². The van der Waals surface area contributed by atoms with E-state index in [4.69, 9.17) is 34.1 Å². The summed E-state index contributed by atoms with van der Waals surface area (Å²) in [4.78, 5) is 4.96. The van der Waals surface area contributed by atoms with Crippen molar-refractivity contribution in [1.29, 1.82) is 0 Å². The lowest BCUT2D eigenvalue weighted by atomic mass is 10.2. The number of hydrogen-bond donors (Lipinski definition) is 2. The van der Waals surface area contributed by atoms with Gasteiger partial charge in [0, 0.05) is 16.7 Å². The molecule has 4 nitrogen and oxygen atoms in total. The Morgan fingerprint density at radius 2 is 2.05 bits per heavy atom. The van der Waals surface area contributed by atoms with E-state index in [0.29, 0.717) is 20.6 Å². The Balaban J connectivity index is 2.30. The summed E-state index contributed by atoms with van der Waals surface area (Å²) in [7, 11) is 0. The van der Waals surface area contributed by atoms with Gasteiger partial charge in [-0.25, -0.2) is 4.98 Å². The van der Waals surface area contributed by atoms with Crippen LogP contribution in [0.15, 0.2) is 51.6 Å². The normalized spacial score (nSPS) is 11.6. The maximum absolute atomic E-state index is 8.61. The minimum Gasteiger partial charge on any atom is -0.409 e. The Morgan fingerprint density at radius 3 is 2.68 bits per heavy atom. The highest BCUT2D eigenvalue weighted by Gasteiger charge is 2.09. The second-order valence-electron chi connectivity index (χ2n) is 3.52. The molecule has 0 amide bonds. The zero-order valence-electron chi connectivity index (χ0n) is 9.55. The van der Waals surface area contributed by atoms with E-state index in [2.05, 4.69) is 10.1 Å². The number of benzene rings is 1. The summed E-state index contributed by atoms with van der Waals surface area (Å²) in [5.74, 6) is 0.00863. The smallest absolute Gasteiger partial charge is 0.170 e. The summed E-state index contributed by atoms with van der Waals surface area (Å²) >= 11 is 13.5. The number of halogens is 2. The molecule has 0 atom stereocenters. The van der Waals surface area contributed by atoms with Crippen molar-refractivity contribution in [2.75, 3.05) is 0 Å². The zero-order valence-corrected chi connectivity index (χ0v) is 11.9. The van der Waals surface area contributed by atoms with E-state index in [1.165, 1.54) is 11.8 Å². The summed E-state index contributed by atoms with van der Waals surface area (Å²) in [5.41, 5.74) is 6.04. The van der Waals surface area contributed by atoms with E-state index in [1.807, 2.05) is 0 Å². The molecule has 0 saturated heterocycles. The average molecular weight is 314 g/mol. The van der Waals surface area contributed by atoms with Gasteiger partial charge in [0.1, 0.15) is 5.03 Å². The van der Waals surface area contributed by atoms with E-state index in [-0.39, 0.29) is 5.84 Å². The lowest BCUT2D eigenvalue weighted by Crippen LogP contribution is -2.12. The topological polar surface area (TPSA) is 71.5 Å². The highest BCUT2D eigenvalue weighted by Crippen LogP contribution is 2.35. The number of nitrogens with zero attached hydrogens (tertiary/aromatic N) is 2. The fourth-order valence-corrected chi connectivity index (χ4v) is 2.66. The van der Waals surface area contributed by atoms with E-state index < -0.39 is 0 Å². The standard InChI is InChI=1S/C12H9Cl2N3OS/c13-8-2-1-5-16-12(8)19-10-4-3-7(6-9(10)14)11(15)17-18/h1-6,18H,(H2,15,17). The van der Waals surface area contributed by atoms with E-state index in [9.17, 15) is 0 Å². The van der Waals surface area contributed by atoms with Gasteiger partial charge in [-0.15, -0.1) is 0 Å². The van der Waals surface area contributed by atoms with Gasteiger partial charge in [0.05, 0.1) is 10.0 Å². The number of nitrogens with two attached hydrogens (primary N) is 1. The molecule has 0 saturated carbocycles. The van der Waals surface area contributed by atoms with Crippen LogP contribution in [0, 0.1) is 0 Å². The molecule has 0 aliphatic heterocycles. The summed E-state index contributed by atoms with van der Waals surface area (Å²) in [6.07, 6.45) is 1.66. The van der Waals surface area contributed by atoms with E-state index in [0.717, 1.165) is 4.90 Å². The van der Waals surface area contributed by atoms with Crippen molar-refractivity contribution in [3.8, 4) is 0 Å². The van der Waals surface area contributed by atoms with Gasteiger partial charge in [-0.05, 0) is 30.3 Å². The van der Waals surface area contributed by atoms with Crippen LogP contribution in [0.25, 0.3) is 0 Å². The van der Waals surface area contributed by atoms with Gasteiger partial charge in [-0.1, -0.05) is 40.1 Å². The monoisotopic (exact) mass is 313 g/mol. The summed E-state index contributed by atoms with van der Waals surface area (Å²) in [6, 6.07) is 8.62. The number of aromatic nitrogens is 1. The first kappa shape index (κ1) is 14.0. The maximum atomic E-state index is 8.61. The molecule has 19 heavy (non-hydrogen) atoms. The number of rotatable bonds is 3. The fraction of sp³-hybridized carbons (Fsp3) is 0. The van der Waals surface area contributed by atoms with Gasteiger partial charge < -0.3 is 10.9 Å². The Hall–Kier alpha value is -1.43. The molecule has 1 heterocycles. The van der Waals surface area contributed by atoms with Crippen molar-refractivity contribution < 1.29 is 5.21 Å².